The van der Waals surface area contributed by atoms with E-state index < -0.39 is 17.9 Å². The summed E-state index contributed by atoms with van der Waals surface area (Å²) in [6.45, 7) is 2.13. The van der Waals surface area contributed by atoms with Crippen LogP contribution in [-0.4, -0.2) is 87.8 Å². The van der Waals surface area contributed by atoms with Crippen molar-refractivity contribution in [1.82, 2.24) is 25.4 Å². The third-order valence-corrected chi connectivity index (χ3v) is 7.67. The van der Waals surface area contributed by atoms with E-state index in [1.54, 1.807) is 29.3 Å². The van der Waals surface area contributed by atoms with E-state index in [9.17, 15) is 24.6 Å². The van der Waals surface area contributed by atoms with Gasteiger partial charge in [0, 0.05) is 51.0 Å². The zero-order chi connectivity index (χ0) is 27.7. The van der Waals surface area contributed by atoms with E-state index in [2.05, 4.69) is 15.6 Å². The minimum atomic E-state index is -1.22. The molecule has 0 spiro atoms. The molecule has 0 aliphatic carbocycles. The summed E-state index contributed by atoms with van der Waals surface area (Å²) < 4.78 is 5.61. The van der Waals surface area contributed by atoms with Crippen LogP contribution >= 0.6 is 23.2 Å². The number of nitrogens with zero attached hydrogens (tertiary/aromatic N) is 3. The Morgan fingerprint density at radius 2 is 2.05 bits per heavy atom. The fraction of sp³-hybridized carbons (Fsp3) is 0.385. The van der Waals surface area contributed by atoms with E-state index >= 15 is 0 Å². The number of likely N-dealkylation sites (tertiary alicyclic amines) is 1. The first-order valence-corrected chi connectivity index (χ1v) is 13.2. The molecule has 3 aromatic rings. The maximum absolute atomic E-state index is 13.1. The summed E-state index contributed by atoms with van der Waals surface area (Å²) in [6.07, 6.45) is 2.24. The van der Waals surface area contributed by atoms with Crippen LogP contribution in [0.4, 0.5) is 0 Å². The minimum absolute atomic E-state index is 0.00543. The fourth-order valence-electron chi connectivity index (χ4n) is 4.92. The summed E-state index contributed by atoms with van der Waals surface area (Å²) in [5.41, 5.74) is 1.75. The summed E-state index contributed by atoms with van der Waals surface area (Å²) in [5, 5.41) is 25.7. The first-order valence-electron chi connectivity index (χ1n) is 12.5. The number of benzene rings is 1. The number of carboxylic acid groups (broad SMARTS) is 1. The number of halogens is 2. The third kappa shape index (κ3) is 5.87. The predicted molar refractivity (Wildman–Crippen MR) is 143 cm³/mol. The number of carboxylic acids is 1. The quantitative estimate of drug-likeness (QED) is 0.317. The Morgan fingerprint density at radius 1 is 1.23 bits per heavy atom. The summed E-state index contributed by atoms with van der Waals surface area (Å²) in [7, 11) is 0. The van der Waals surface area contributed by atoms with E-state index in [0.29, 0.717) is 56.0 Å². The molecule has 1 aromatic carbocycles. The molecule has 2 amide bonds. The van der Waals surface area contributed by atoms with Crippen molar-refractivity contribution in [3.8, 4) is 0 Å². The largest absolute Gasteiger partial charge is 0.480 e. The number of hydrogen-bond acceptors (Lipinski definition) is 8. The highest BCUT2D eigenvalue weighted by atomic mass is 35.5. The van der Waals surface area contributed by atoms with E-state index in [-0.39, 0.29) is 46.5 Å². The van der Waals surface area contributed by atoms with Crippen molar-refractivity contribution in [3.63, 3.8) is 0 Å². The van der Waals surface area contributed by atoms with Crippen molar-refractivity contribution in [2.75, 3.05) is 32.8 Å². The molecule has 13 heteroatoms. The molecular weight excluding hydrogens is 549 g/mol. The van der Waals surface area contributed by atoms with E-state index in [1.807, 2.05) is 11.0 Å². The number of hydrogen-bond donors (Lipinski definition) is 4. The Morgan fingerprint density at radius 3 is 2.77 bits per heavy atom. The highest BCUT2D eigenvalue weighted by Crippen LogP contribution is 2.35. The Kier molecular flexibility index (Phi) is 8.06. The molecule has 4 heterocycles. The fourth-order valence-corrected chi connectivity index (χ4v) is 5.68. The van der Waals surface area contributed by atoms with Crippen molar-refractivity contribution < 1.29 is 29.0 Å². The second kappa shape index (κ2) is 11.5. The molecule has 0 unspecified atom stereocenters. The third-order valence-electron chi connectivity index (χ3n) is 6.96. The predicted octanol–water partition coefficient (Wildman–Crippen LogP) is 2.13. The van der Waals surface area contributed by atoms with E-state index in [0.717, 1.165) is 5.39 Å². The number of aliphatic carboxylic acids is 1. The van der Waals surface area contributed by atoms with Gasteiger partial charge in [0.15, 0.2) is 5.76 Å². The lowest BCUT2D eigenvalue weighted by atomic mass is 9.96. The van der Waals surface area contributed by atoms with Gasteiger partial charge in [0.05, 0.1) is 21.7 Å². The molecule has 39 heavy (non-hydrogen) atoms. The summed E-state index contributed by atoms with van der Waals surface area (Å²) in [4.78, 5) is 45.7. The van der Waals surface area contributed by atoms with Crippen LogP contribution in [0.15, 0.2) is 34.9 Å². The van der Waals surface area contributed by atoms with Gasteiger partial charge < -0.3 is 30.2 Å². The lowest BCUT2D eigenvalue weighted by molar-refractivity contribution is -0.139. The number of aromatic nitrogens is 1. The van der Waals surface area contributed by atoms with Gasteiger partial charge in [0.2, 0.25) is 5.71 Å². The maximum Gasteiger partial charge on any atom is 0.327 e. The highest BCUT2D eigenvalue weighted by molar-refractivity contribution is 6.40. The number of rotatable bonds is 8. The van der Waals surface area contributed by atoms with Crippen LogP contribution in [0, 0.1) is 0 Å². The summed E-state index contributed by atoms with van der Waals surface area (Å²) in [5.74, 6) is -2.04. The van der Waals surface area contributed by atoms with Crippen LogP contribution in [0.1, 0.15) is 38.5 Å². The molecule has 2 aromatic heterocycles. The van der Waals surface area contributed by atoms with Gasteiger partial charge in [-0.2, -0.15) is 0 Å². The molecular formula is C26H27Cl2N5O6. The number of nitrogens with one attached hydrogen (secondary N) is 2. The average molecular weight is 576 g/mol. The number of aliphatic hydroxyl groups excluding tert-OH is 1. The first kappa shape index (κ1) is 27.4. The second-order valence-corrected chi connectivity index (χ2v) is 10.5. The number of carbonyl (C=O) groups excluding carboxylic acids is 2. The van der Waals surface area contributed by atoms with Crippen LogP contribution in [0.2, 0.25) is 10.0 Å². The zero-order valence-electron chi connectivity index (χ0n) is 20.8. The molecule has 0 radical (unpaired) electrons. The van der Waals surface area contributed by atoms with Gasteiger partial charge in [-0.1, -0.05) is 23.2 Å². The standard InChI is InChI=1S/C26H27Cl2N5O6/c27-18-8-15-11-33(25(36)20-9-14-2-1-5-30-24(14)39-20)7-4-17(15)22(28)21(18)23(35)31-19(26(37)38)10-29-13-32-6-3-16(34)12-32/h1-2,5,8-9,16,19,29,34H,3-4,6-7,10-13H2,(H,31,35)(H,37,38)/t16-,19-/m0/s1. The number of amides is 2. The van der Waals surface area contributed by atoms with Crippen molar-refractivity contribution >= 4 is 52.1 Å². The lowest BCUT2D eigenvalue weighted by Crippen LogP contribution is -2.49. The van der Waals surface area contributed by atoms with Crippen LogP contribution < -0.4 is 10.6 Å². The molecule has 0 saturated carbocycles. The first-order chi connectivity index (χ1) is 18.7. The number of carbonyl (C=O) groups is 3. The van der Waals surface area contributed by atoms with Crippen molar-refractivity contribution in [2.45, 2.75) is 31.5 Å². The second-order valence-electron chi connectivity index (χ2n) is 9.67. The number of β-amino-alcohol motifs (C(OH)–C–C–N with tert-alkyl or cyclic N) is 1. The number of aliphatic hydroxyl groups is 1. The monoisotopic (exact) mass is 575 g/mol. The molecule has 1 saturated heterocycles. The van der Waals surface area contributed by atoms with Gasteiger partial charge in [-0.15, -0.1) is 0 Å². The summed E-state index contributed by atoms with van der Waals surface area (Å²) in [6, 6.07) is 5.58. The van der Waals surface area contributed by atoms with Crippen LogP contribution in [0.5, 0.6) is 0 Å². The van der Waals surface area contributed by atoms with Gasteiger partial charge in [-0.05, 0) is 48.2 Å². The maximum atomic E-state index is 13.1. The molecule has 11 nitrogen and oxygen atoms in total. The minimum Gasteiger partial charge on any atom is -0.480 e. The Balaban J connectivity index is 1.26. The highest BCUT2D eigenvalue weighted by Gasteiger charge is 2.30. The Hall–Kier alpha value is -3.22. The number of furan rings is 1. The van der Waals surface area contributed by atoms with Gasteiger partial charge in [0.1, 0.15) is 6.04 Å². The molecule has 2 aliphatic rings. The van der Waals surface area contributed by atoms with Gasteiger partial charge in [-0.3, -0.25) is 14.5 Å². The molecule has 0 bridgehead atoms. The number of pyridine rings is 1. The van der Waals surface area contributed by atoms with E-state index in [1.165, 1.54) is 0 Å². The Labute approximate surface area is 233 Å². The normalized spacial score (nSPS) is 18.2. The van der Waals surface area contributed by atoms with Crippen LogP contribution in [0.25, 0.3) is 11.1 Å². The molecule has 4 N–H and O–H groups in total. The van der Waals surface area contributed by atoms with Crippen LogP contribution in [0.3, 0.4) is 0 Å². The topological polar surface area (TPSA) is 148 Å². The Bertz CT molecular complexity index is 1400. The smallest absolute Gasteiger partial charge is 0.327 e. The molecule has 2 aliphatic heterocycles. The van der Waals surface area contributed by atoms with Gasteiger partial charge >= 0.3 is 5.97 Å². The van der Waals surface area contributed by atoms with E-state index in [4.69, 9.17) is 27.6 Å². The van der Waals surface area contributed by atoms with Gasteiger partial charge in [0.25, 0.3) is 11.8 Å². The zero-order valence-corrected chi connectivity index (χ0v) is 22.3. The molecule has 5 rings (SSSR count). The van der Waals surface area contributed by atoms with Crippen molar-refractivity contribution in [2.24, 2.45) is 0 Å². The van der Waals surface area contributed by atoms with Gasteiger partial charge in [-0.25, -0.2) is 9.78 Å². The van der Waals surface area contributed by atoms with Crippen molar-refractivity contribution in [3.05, 3.63) is 63.0 Å². The SMILES string of the molecule is O=C(N[C@@H](CNCN1CC[C@H](O)C1)C(=O)O)c1c(Cl)cc2c(c1Cl)CCN(C(=O)c1cc3cccnc3o1)C2. The number of fused-ring (bicyclic) bond motifs is 2. The molecule has 1 fully saturated rings. The average Bonchev–Trinajstić information content (AvgIpc) is 3.53. The van der Waals surface area contributed by atoms with Crippen LogP contribution in [-0.2, 0) is 17.8 Å². The lowest BCUT2D eigenvalue weighted by Gasteiger charge is -2.30. The summed E-state index contributed by atoms with van der Waals surface area (Å²) >= 11 is 13.1. The molecule has 2 atom stereocenters. The van der Waals surface area contributed by atoms with Crippen molar-refractivity contribution in [1.29, 1.82) is 0 Å². The molecule has 206 valence electrons.